The topological polar surface area (TPSA) is 39.3 Å². The van der Waals surface area contributed by atoms with Crippen LogP contribution in [0.25, 0.3) is 17.0 Å². The molecule has 1 saturated carbocycles. The fourth-order valence-corrected chi connectivity index (χ4v) is 6.94. The van der Waals surface area contributed by atoms with E-state index in [1.54, 1.807) is 18.2 Å². The van der Waals surface area contributed by atoms with Gasteiger partial charge in [0, 0.05) is 34.8 Å². The molecule has 0 saturated heterocycles. The molecule has 2 heterocycles. The zero-order chi connectivity index (χ0) is 26.3. The maximum Gasteiger partial charge on any atom is 0.247 e. The summed E-state index contributed by atoms with van der Waals surface area (Å²) in [5, 5.41) is 1.25. The highest BCUT2D eigenvalue weighted by molar-refractivity contribution is 5.93. The van der Waals surface area contributed by atoms with Gasteiger partial charge in [-0.3, -0.25) is 9.69 Å². The molecular formula is C33H34FN3O. The predicted octanol–water partition coefficient (Wildman–Crippen LogP) is 6.63. The molecule has 0 radical (unpaired) electrons. The predicted molar refractivity (Wildman–Crippen MR) is 151 cm³/mol. The molecule has 4 aromatic rings. The molecule has 5 heteroatoms. The lowest BCUT2D eigenvalue weighted by Gasteiger charge is -2.55. The largest absolute Gasteiger partial charge is 0.356 e. The van der Waals surface area contributed by atoms with Crippen LogP contribution in [0.3, 0.4) is 0 Å². The van der Waals surface area contributed by atoms with Crippen molar-refractivity contribution in [2.24, 2.45) is 0 Å². The van der Waals surface area contributed by atoms with E-state index in [9.17, 15) is 9.18 Å². The van der Waals surface area contributed by atoms with Crippen molar-refractivity contribution in [1.82, 2.24) is 14.8 Å². The average Bonchev–Trinajstić information content (AvgIpc) is 3.33. The van der Waals surface area contributed by atoms with Gasteiger partial charge in [0.1, 0.15) is 5.82 Å². The van der Waals surface area contributed by atoms with Crippen LogP contribution in [0.1, 0.15) is 48.1 Å². The third-order valence-corrected chi connectivity index (χ3v) is 8.99. The van der Waals surface area contributed by atoms with Gasteiger partial charge in [0.2, 0.25) is 5.91 Å². The second-order valence-electron chi connectivity index (χ2n) is 11.0. The number of fused-ring (bicyclic) bond motifs is 4. The minimum absolute atomic E-state index is 0.0428. The van der Waals surface area contributed by atoms with E-state index < -0.39 is 5.54 Å². The van der Waals surface area contributed by atoms with Crippen LogP contribution in [0, 0.1) is 5.82 Å². The van der Waals surface area contributed by atoms with Crippen molar-refractivity contribution >= 4 is 22.9 Å². The number of nitrogens with zero attached hydrogens (tertiary/aromatic N) is 2. The fraction of sp³-hybridized carbons (Fsp3) is 0.303. The molecular weight excluding hydrogens is 473 g/mol. The van der Waals surface area contributed by atoms with Gasteiger partial charge >= 0.3 is 0 Å². The Morgan fingerprint density at radius 2 is 1.68 bits per heavy atom. The zero-order valence-corrected chi connectivity index (χ0v) is 22.1. The number of aromatic nitrogens is 1. The van der Waals surface area contributed by atoms with Crippen LogP contribution in [0.5, 0.6) is 0 Å². The normalized spacial score (nSPS) is 23.4. The first-order valence-electron chi connectivity index (χ1n) is 13.5. The second kappa shape index (κ2) is 9.55. The molecule has 194 valence electrons. The third-order valence-electron chi connectivity index (χ3n) is 8.99. The molecule has 1 aliphatic heterocycles. The molecule has 0 atom stereocenters. The monoisotopic (exact) mass is 507 g/mol. The van der Waals surface area contributed by atoms with Gasteiger partial charge < -0.3 is 9.88 Å². The van der Waals surface area contributed by atoms with E-state index in [1.807, 2.05) is 42.5 Å². The number of hydrogen-bond donors (Lipinski definition) is 1. The van der Waals surface area contributed by atoms with Gasteiger partial charge in [-0.2, -0.15) is 0 Å². The first kappa shape index (κ1) is 24.6. The van der Waals surface area contributed by atoms with Crippen LogP contribution >= 0.6 is 0 Å². The summed E-state index contributed by atoms with van der Waals surface area (Å²) in [5.41, 5.74) is 4.94. The first-order chi connectivity index (χ1) is 18.4. The lowest BCUT2D eigenvalue weighted by Crippen LogP contribution is -2.58. The Labute approximate surface area is 223 Å². The maximum atomic E-state index is 14.3. The molecule has 1 spiro atoms. The van der Waals surface area contributed by atoms with Crippen LogP contribution in [0.15, 0.2) is 84.9 Å². The highest BCUT2D eigenvalue weighted by Crippen LogP contribution is 2.53. The van der Waals surface area contributed by atoms with Crippen LogP contribution in [0.2, 0.25) is 0 Å². The number of carbonyl (C=O) groups excluding carboxylic acids is 1. The standard InChI is InChI=1S/C33H34FN3O/c1-36(2)32(25-11-8-12-26(34)23-25)18-20-33(21-19-32)31-28(27-13-6-7-14-29(27)35-31)17-22-37(33)30(38)16-15-24-9-4-3-5-10-24/h3-16,23,35H,17-22H2,1-2H3/b16-15+. The van der Waals surface area contributed by atoms with Crippen molar-refractivity contribution in [2.75, 3.05) is 20.6 Å². The second-order valence-corrected chi connectivity index (χ2v) is 11.0. The quantitative estimate of drug-likeness (QED) is 0.315. The molecule has 1 fully saturated rings. The Kier molecular flexibility index (Phi) is 6.19. The average molecular weight is 508 g/mol. The van der Waals surface area contributed by atoms with Gasteiger partial charge in [0.25, 0.3) is 0 Å². The minimum Gasteiger partial charge on any atom is -0.356 e. The summed E-state index contributed by atoms with van der Waals surface area (Å²) >= 11 is 0. The Morgan fingerprint density at radius 3 is 2.42 bits per heavy atom. The Morgan fingerprint density at radius 1 is 0.947 bits per heavy atom. The van der Waals surface area contributed by atoms with Gasteiger partial charge in [-0.05, 0) is 87.2 Å². The molecule has 6 rings (SSSR count). The number of rotatable bonds is 4. The Balaban J connectivity index is 1.42. The van der Waals surface area contributed by atoms with Crippen LogP contribution < -0.4 is 0 Å². The lowest BCUT2D eigenvalue weighted by atomic mass is 9.65. The van der Waals surface area contributed by atoms with Gasteiger partial charge in [0.05, 0.1) is 5.54 Å². The van der Waals surface area contributed by atoms with Crippen molar-refractivity contribution in [3.05, 3.63) is 113 Å². The summed E-state index contributed by atoms with van der Waals surface area (Å²) in [6.07, 6.45) is 7.71. The number of H-pyrrole nitrogens is 1. The van der Waals surface area contributed by atoms with Gasteiger partial charge in [-0.15, -0.1) is 0 Å². The SMILES string of the molecule is CN(C)C1(c2cccc(F)c2)CCC2(CC1)c1[nH]c3ccccc3c1CCN2C(=O)/C=C/c1ccccc1. The molecule has 38 heavy (non-hydrogen) atoms. The smallest absolute Gasteiger partial charge is 0.247 e. The number of carbonyl (C=O) groups is 1. The Bertz CT molecular complexity index is 1500. The van der Waals surface area contributed by atoms with Crippen molar-refractivity contribution in [3.63, 3.8) is 0 Å². The molecule has 0 unspecified atom stereocenters. The first-order valence-corrected chi connectivity index (χ1v) is 13.5. The van der Waals surface area contributed by atoms with Crippen LogP contribution in [-0.2, 0) is 22.3 Å². The van der Waals surface area contributed by atoms with Crippen LogP contribution in [-0.4, -0.2) is 41.3 Å². The molecule has 3 aromatic carbocycles. The number of halogens is 1. The summed E-state index contributed by atoms with van der Waals surface area (Å²) in [6.45, 7) is 0.682. The van der Waals surface area contributed by atoms with Crippen molar-refractivity contribution in [1.29, 1.82) is 0 Å². The maximum absolute atomic E-state index is 14.3. The van der Waals surface area contributed by atoms with Gasteiger partial charge in [-0.25, -0.2) is 4.39 Å². The number of nitrogens with one attached hydrogen (secondary N) is 1. The van der Waals surface area contributed by atoms with Gasteiger partial charge in [0.15, 0.2) is 0 Å². The molecule has 2 aliphatic rings. The number of amides is 1. The third kappa shape index (κ3) is 3.97. The van der Waals surface area contributed by atoms with Crippen molar-refractivity contribution < 1.29 is 9.18 Å². The van der Waals surface area contributed by atoms with E-state index >= 15 is 0 Å². The molecule has 4 nitrogen and oxygen atoms in total. The summed E-state index contributed by atoms with van der Waals surface area (Å²) in [4.78, 5) is 21.9. The number of aromatic amines is 1. The van der Waals surface area contributed by atoms with Crippen molar-refractivity contribution in [2.45, 2.75) is 43.2 Å². The van der Waals surface area contributed by atoms with E-state index in [-0.39, 0.29) is 17.3 Å². The number of para-hydroxylation sites is 1. The highest BCUT2D eigenvalue weighted by atomic mass is 19.1. The fourth-order valence-electron chi connectivity index (χ4n) is 6.94. The summed E-state index contributed by atoms with van der Waals surface area (Å²) in [7, 11) is 4.17. The Hall–Kier alpha value is -3.70. The summed E-state index contributed by atoms with van der Waals surface area (Å²) in [6, 6.07) is 25.5. The van der Waals surface area contributed by atoms with E-state index in [0.29, 0.717) is 6.54 Å². The zero-order valence-electron chi connectivity index (χ0n) is 22.1. The summed E-state index contributed by atoms with van der Waals surface area (Å²) < 4.78 is 14.3. The van der Waals surface area contributed by atoms with E-state index in [0.717, 1.165) is 48.7 Å². The molecule has 1 aromatic heterocycles. The molecule has 0 bridgehead atoms. The molecule has 1 N–H and O–H groups in total. The van der Waals surface area contributed by atoms with E-state index in [4.69, 9.17) is 0 Å². The highest BCUT2D eigenvalue weighted by Gasteiger charge is 2.52. The minimum atomic E-state index is -0.433. The lowest BCUT2D eigenvalue weighted by molar-refractivity contribution is -0.137. The van der Waals surface area contributed by atoms with E-state index in [1.165, 1.54) is 22.7 Å². The number of benzene rings is 3. The van der Waals surface area contributed by atoms with Crippen molar-refractivity contribution in [3.8, 4) is 0 Å². The van der Waals surface area contributed by atoms with Crippen LogP contribution in [0.4, 0.5) is 4.39 Å². The van der Waals surface area contributed by atoms with E-state index in [2.05, 4.69) is 53.1 Å². The summed E-state index contributed by atoms with van der Waals surface area (Å²) in [5.74, 6) is -0.163. The molecule has 1 aliphatic carbocycles. The molecule has 1 amide bonds. The van der Waals surface area contributed by atoms with Gasteiger partial charge in [-0.1, -0.05) is 60.7 Å². The number of hydrogen-bond acceptors (Lipinski definition) is 2.